The molecular weight excluding hydrogens is 511 g/mol. The van der Waals surface area contributed by atoms with E-state index in [9.17, 15) is 22.8 Å². The number of rotatable bonds is 9. The number of hydrogen-bond donors (Lipinski definition) is 2. The van der Waals surface area contributed by atoms with Gasteiger partial charge in [0.05, 0.1) is 16.8 Å². The van der Waals surface area contributed by atoms with Crippen LogP contribution in [0, 0.1) is 5.92 Å². The fraction of sp³-hybridized carbons (Fsp3) is 0.517. The minimum Gasteiger partial charge on any atom is -0.476 e. The largest absolute Gasteiger partial charge is 0.476 e. The second kappa shape index (κ2) is 12.0. The van der Waals surface area contributed by atoms with Crippen LogP contribution in [0.4, 0.5) is 18.9 Å². The van der Waals surface area contributed by atoms with Crippen LogP contribution < -0.4 is 20.3 Å². The van der Waals surface area contributed by atoms with E-state index in [2.05, 4.69) is 10.6 Å². The molecular formula is C29H36F3N3O4. The van der Waals surface area contributed by atoms with E-state index in [1.165, 1.54) is 18.7 Å². The maximum absolute atomic E-state index is 14.2. The maximum Gasteiger partial charge on any atom is 0.417 e. The third-order valence-electron chi connectivity index (χ3n) is 7.33. The third kappa shape index (κ3) is 6.73. The van der Waals surface area contributed by atoms with Crippen molar-refractivity contribution in [1.82, 2.24) is 10.6 Å². The van der Waals surface area contributed by atoms with Crippen LogP contribution in [0.1, 0.15) is 54.6 Å². The maximum atomic E-state index is 14.2. The van der Waals surface area contributed by atoms with Crippen LogP contribution in [0.25, 0.3) is 0 Å². The molecule has 0 unspecified atom stereocenters. The van der Waals surface area contributed by atoms with Crippen molar-refractivity contribution >= 4 is 17.5 Å². The second-order valence-corrected chi connectivity index (χ2v) is 10.7. The number of nitrogens with one attached hydrogen (secondary N) is 2. The number of carbonyl (C=O) groups excluding carboxylic acids is 2. The number of alkyl halides is 3. The van der Waals surface area contributed by atoms with Crippen LogP contribution in [0.5, 0.6) is 5.75 Å². The van der Waals surface area contributed by atoms with Gasteiger partial charge in [0.1, 0.15) is 5.75 Å². The van der Waals surface area contributed by atoms with Crippen molar-refractivity contribution in [3.8, 4) is 5.75 Å². The number of hydrogen-bond acceptors (Lipinski definition) is 5. The lowest BCUT2D eigenvalue weighted by atomic mass is 9.86. The number of benzene rings is 2. The Kier molecular flexibility index (Phi) is 8.86. The van der Waals surface area contributed by atoms with Crippen LogP contribution in [0.2, 0.25) is 0 Å². The van der Waals surface area contributed by atoms with Gasteiger partial charge in [0.2, 0.25) is 0 Å². The summed E-state index contributed by atoms with van der Waals surface area (Å²) < 4.78 is 53.5. The normalized spacial score (nSPS) is 20.8. The molecule has 4 rings (SSSR count). The number of piperidine rings is 1. The van der Waals surface area contributed by atoms with Crippen molar-refractivity contribution in [2.45, 2.75) is 57.3 Å². The van der Waals surface area contributed by atoms with Crippen LogP contribution in [0.3, 0.4) is 0 Å². The van der Waals surface area contributed by atoms with Gasteiger partial charge in [0.25, 0.3) is 11.8 Å². The van der Waals surface area contributed by atoms with E-state index in [0.29, 0.717) is 32.4 Å². The number of carbonyl (C=O) groups is 2. The van der Waals surface area contributed by atoms with Crippen molar-refractivity contribution in [3.05, 3.63) is 59.2 Å². The van der Waals surface area contributed by atoms with E-state index in [1.807, 2.05) is 30.3 Å². The summed E-state index contributed by atoms with van der Waals surface area (Å²) in [5.41, 5.74) is -1.69. The summed E-state index contributed by atoms with van der Waals surface area (Å²) in [6.07, 6.45) is -2.07. The molecule has 2 aromatic carbocycles. The van der Waals surface area contributed by atoms with Crippen LogP contribution >= 0.6 is 0 Å². The molecule has 0 saturated carbocycles. The fourth-order valence-electron chi connectivity index (χ4n) is 5.26. The molecule has 10 heteroatoms. The summed E-state index contributed by atoms with van der Waals surface area (Å²) in [4.78, 5) is 28.1. The van der Waals surface area contributed by atoms with E-state index in [4.69, 9.17) is 9.47 Å². The summed E-state index contributed by atoms with van der Waals surface area (Å²) >= 11 is 0. The summed E-state index contributed by atoms with van der Waals surface area (Å²) in [5, 5.41) is 6.10. The first-order valence-corrected chi connectivity index (χ1v) is 13.3. The number of nitrogens with zero attached hydrogens (tertiary/aromatic N) is 1. The smallest absolute Gasteiger partial charge is 0.417 e. The highest BCUT2D eigenvalue weighted by Gasteiger charge is 2.44. The van der Waals surface area contributed by atoms with Gasteiger partial charge in [0.15, 0.2) is 5.60 Å². The Morgan fingerprint density at radius 2 is 1.95 bits per heavy atom. The standard InChI is InChI=1S/C29H36F3N3O4/c1-28(2)27(37)35(13-7-8-14-38-3)24-16-21(22(29(30,31)32)17-25(24)39-28)26(36)34-23-18-33-12-11-20(23)15-19-9-5-4-6-10-19/h4-6,9-10,16-17,20,23,33H,7-8,11-15,18H2,1-3H3,(H,34,36)/t20-,23-/m0/s1. The molecule has 212 valence electrons. The Labute approximate surface area is 227 Å². The van der Waals surface area contributed by atoms with Crippen molar-refractivity contribution in [3.63, 3.8) is 0 Å². The van der Waals surface area contributed by atoms with Gasteiger partial charge in [-0.3, -0.25) is 9.59 Å². The molecule has 2 atom stereocenters. The highest BCUT2D eigenvalue weighted by Crippen LogP contribution is 2.44. The molecule has 39 heavy (non-hydrogen) atoms. The molecule has 0 bridgehead atoms. The number of ether oxygens (including phenoxy) is 2. The first-order chi connectivity index (χ1) is 18.5. The Hall–Kier alpha value is -3.11. The number of methoxy groups -OCH3 is 1. The van der Waals surface area contributed by atoms with Gasteiger partial charge >= 0.3 is 6.18 Å². The molecule has 1 fully saturated rings. The Bertz CT molecular complexity index is 1170. The minimum absolute atomic E-state index is 0.0626. The Morgan fingerprint density at radius 1 is 1.21 bits per heavy atom. The predicted octanol–water partition coefficient (Wildman–Crippen LogP) is 4.59. The molecule has 2 aliphatic heterocycles. The lowest BCUT2D eigenvalue weighted by Gasteiger charge is -2.39. The molecule has 2 aromatic rings. The molecule has 2 heterocycles. The highest BCUT2D eigenvalue weighted by atomic mass is 19.4. The van der Waals surface area contributed by atoms with E-state index >= 15 is 0 Å². The van der Waals surface area contributed by atoms with E-state index in [1.54, 1.807) is 7.11 Å². The van der Waals surface area contributed by atoms with Gasteiger partial charge in [-0.05, 0) is 69.7 Å². The molecule has 0 aliphatic carbocycles. The molecule has 7 nitrogen and oxygen atoms in total. The molecule has 0 aromatic heterocycles. The van der Waals surface area contributed by atoms with Crippen molar-refractivity contribution < 1.29 is 32.2 Å². The molecule has 2 N–H and O–H groups in total. The first kappa shape index (κ1) is 28.9. The van der Waals surface area contributed by atoms with Crippen molar-refractivity contribution in [1.29, 1.82) is 0 Å². The van der Waals surface area contributed by atoms with Gasteiger partial charge in [-0.2, -0.15) is 13.2 Å². The van der Waals surface area contributed by atoms with E-state index in [-0.39, 0.29) is 35.8 Å². The number of halogens is 3. The Balaban J connectivity index is 1.65. The van der Waals surface area contributed by atoms with Gasteiger partial charge in [-0.25, -0.2) is 0 Å². The summed E-state index contributed by atoms with van der Waals surface area (Å²) in [5.74, 6) is -1.21. The number of unbranched alkanes of at least 4 members (excludes halogenated alkanes) is 1. The monoisotopic (exact) mass is 547 g/mol. The summed E-state index contributed by atoms with van der Waals surface area (Å²) in [7, 11) is 1.58. The van der Waals surface area contributed by atoms with Gasteiger partial charge in [0, 0.05) is 32.8 Å². The van der Waals surface area contributed by atoms with Gasteiger partial charge in [-0.1, -0.05) is 30.3 Å². The van der Waals surface area contributed by atoms with Gasteiger partial charge < -0.3 is 25.0 Å². The number of amides is 2. The Morgan fingerprint density at radius 3 is 2.64 bits per heavy atom. The van der Waals surface area contributed by atoms with Crippen molar-refractivity contribution in [2.24, 2.45) is 5.92 Å². The van der Waals surface area contributed by atoms with Crippen LogP contribution in [0.15, 0.2) is 42.5 Å². The highest BCUT2D eigenvalue weighted by molar-refractivity contribution is 6.05. The van der Waals surface area contributed by atoms with Crippen molar-refractivity contribution in [2.75, 3.05) is 38.3 Å². The predicted molar refractivity (Wildman–Crippen MR) is 142 cm³/mol. The molecule has 0 spiro atoms. The first-order valence-electron chi connectivity index (χ1n) is 13.3. The zero-order valence-electron chi connectivity index (χ0n) is 22.6. The zero-order valence-corrected chi connectivity index (χ0v) is 22.6. The lowest BCUT2D eigenvalue weighted by molar-refractivity contribution is -0.138. The van der Waals surface area contributed by atoms with Crippen LogP contribution in [-0.2, 0) is 22.1 Å². The van der Waals surface area contributed by atoms with Crippen LogP contribution in [-0.4, -0.2) is 56.8 Å². The third-order valence-corrected chi connectivity index (χ3v) is 7.33. The van der Waals surface area contributed by atoms with Gasteiger partial charge in [-0.15, -0.1) is 0 Å². The summed E-state index contributed by atoms with van der Waals surface area (Å²) in [6.45, 7) is 5.03. The molecule has 1 saturated heterocycles. The average Bonchev–Trinajstić information content (AvgIpc) is 2.89. The molecule has 2 aliphatic rings. The van der Waals surface area contributed by atoms with E-state index in [0.717, 1.165) is 30.7 Å². The molecule has 2 amide bonds. The minimum atomic E-state index is -4.80. The SMILES string of the molecule is COCCCCN1C(=O)C(C)(C)Oc2cc(C(F)(F)F)c(C(=O)N[C@H]3CNCC[C@H]3Cc3ccccc3)cc21. The fourth-order valence-corrected chi connectivity index (χ4v) is 5.26. The number of fused-ring (bicyclic) bond motifs is 1. The summed E-state index contributed by atoms with van der Waals surface area (Å²) in [6, 6.07) is 11.5. The number of anilines is 1. The topological polar surface area (TPSA) is 79.9 Å². The zero-order chi connectivity index (χ0) is 28.2. The molecule has 0 radical (unpaired) electrons. The second-order valence-electron chi connectivity index (χ2n) is 10.7. The van der Waals surface area contributed by atoms with E-state index < -0.39 is 28.8 Å². The average molecular weight is 548 g/mol. The lowest BCUT2D eigenvalue weighted by Crippen LogP contribution is -2.53. The quantitative estimate of drug-likeness (QED) is 0.449.